The number of hydrogen-bond acceptors (Lipinski definition) is 4. The molecule has 4 rings (SSSR count). The zero-order chi connectivity index (χ0) is 21.8. The monoisotopic (exact) mass is 413 g/mol. The summed E-state index contributed by atoms with van der Waals surface area (Å²) in [5.41, 5.74) is 4.55. The molecule has 1 heterocycles. The van der Waals surface area contributed by atoms with Crippen LogP contribution in [-0.4, -0.2) is 29.9 Å². The number of hydrogen-bond donors (Lipinski definition) is 1. The zero-order valence-corrected chi connectivity index (χ0v) is 17.6. The molecule has 1 amide bonds. The number of aromatic nitrogens is 2. The van der Waals surface area contributed by atoms with Crippen LogP contribution in [0.25, 0.3) is 16.9 Å². The summed E-state index contributed by atoms with van der Waals surface area (Å²) in [6, 6.07) is 24.4. The van der Waals surface area contributed by atoms with Crippen molar-refractivity contribution in [3.05, 3.63) is 90.1 Å². The molecule has 6 nitrogen and oxygen atoms in total. The minimum Gasteiger partial charge on any atom is -0.497 e. The van der Waals surface area contributed by atoms with Gasteiger partial charge < -0.3 is 14.8 Å². The van der Waals surface area contributed by atoms with E-state index in [2.05, 4.69) is 5.32 Å². The average molecular weight is 413 g/mol. The number of rotatable bonds is 6. The number of carbonyl (C=O) groups excluding carboxylic acids is 1. The van der Waals surface area contributed by atoms with Crippen LogP contribution < -0.4 is 14.8 Å². The normalized spacial score (nSPS) is 10.5. The third-order valence-corrected chi connectivity index (χ3v) is 4.93. The van der Waals surface area contributed by atoms with Crippen molar-refractivity contribution in [2.24, 2.45) is 0 Å². The first-order valence-electron chi connectivity index (χ1n) is 9.84. The average Bonchev–Trinajstić information content (AvgIpc) is 3.26. The van der Waals surface area contributed by atoms with E-state index in [-0.39, 0.29) is 5.91 Å². The van der Waals surface area contributed by atoms with Crippen molar-refractivity contribution in [1.29, 1.82) is 0 Å². The number of aryl methyl sites for hydroxylation is 1. The van der Waals surface area contributed by atoms with Gasteiger partial charge in [0.05, 0.1) is 25.6 Å². The third-order valence-electron chi connectivity index (χ3n) is 4.93. The SMILES string of the molecule is COc1ccc(-n2nc(-c3cccc(OC)c3)cc2C(=O)Nc2ccc(C)cc2)cc1. The van der Waals surface area contributed by atoms with Crippen molar-refractivity contribution in [3.8, 4) is 28.4 Å². The highest BCUT2D eigenvalue weighted by Gasteiger charge is 2.18. The van der Waals surface area contributed by atoms with Gasteiger partial charge >= 0.3 is 0 Å². The molecule has 0 aliphatic carbocycles. The second-order valence-corrected chi connectivity index (χ2v) is 7.08. The van der Waals surface area contributed by atoms with Crippen LogP contribution in [0.5, 0.6) is 11.5 Å². The minimum absolute atomic E-state index is 0.249. The Morgan fingerprint density at radius 3 is 2.26 bits per heavy atom. The molecule has 0 spiro atoms. The van der Waals surface area contributed by atoms with Crippen molar-refractivity contribution >= 4 is 11.6 Å². The van der Waals surface area contributed by atoms with Crippen LogP contribution >= 0.6 is 0 Å². The van der Waals surface area contributed by atoms with E-state index in [1.165, 1.54) is 0 Å². The van der Waals surface area contributed by atoms with Crippen LogP contribution in [0.3, 0.4) is 0 Å². The molecule has 0 aliphatic rings. The van der Waals surface area contributed by atoms with E-state index in [1.54, 1.807) is 25.0 Å². The molecule has 0 aliphatic heterocycles. The molecule has 6 heteroatoms. The maximum Gasteiger partial charge on any atom is 0.274 e. The highest BCUT2D eigenvalue weighted by Crippen LogP contribution is 2.26. The molecular weight excluding hydrogens is 390 g/mol. The van der Waals surface area contributed by atoms with Gasteiger partial charge in [-0.2, -0.15) is 5.10 Å². The molecule has 3 aromatic carbocycles. The maximum absolute atomic E-state index is 13.2. The Kier molecular flexibility index (Phi) is 5.71. The molecule has 0 unspecified atom stereocenters. The van der Waals surface area contributed by atoms with E-state index in [0.29, 0.717) is 11.4 Å². The molecule has 156 valence electrons. The predicted octanol–water partition coefficient (Wildman–Crippen LogP) is 5.12. The Hall–Kier alpha value is -4.06. The van der Waals surface area contributed by atoms with Gasteiger partial charge in [0.1, 0.15) is 17.2 Å². The lowest BCUT2D eigenvalue weighted by Gasteiger charge is -2.09. The summed E-state index contributed by atoms with van der Waals surface area (Å²) in [6.07, 6.45) is 0. The Balaban J connectivity index is 1.76. The third kappa shape index (κ3) is 4.43. The van der Waals surface area contributed by atoms with Gasteiger partial charge in [0.25, 0.3) is 5.91 Å². The van der Waals surface area contributed by atoms with Crippen LogP contribution in [-0.2, 0) is 0 Å². The lowest BCUT2D eigenvalue weighted by atomic mass is 10.1. The summed E-state index contributed by atoms with van der Waals surface area (Å²) < 4.78 is 12.2. The molecule has 0 fully saturated rings. The van der Waals surface area contributed by atoms with Crippen LogP contribution in [0.1, 0.15) is 16.1 Å². The van der Waals surface area contributed by atoms with E-state index >= 15 is 0 Å². The van der Waals surface area contributed by atoms with Gasteiger partial charge in [-0.3, -0.25) is 4.79 Å². The van der Waals surface area contributed by atoms with Gasteiger partial charge in [-0.15, -0.1) is 0 Å². The predicted molar refractivity (Wildman–Crippen MR) is 121 cm³/mol. The maximum atomic E-state index is 13.2. The van der Waals surface area contributed by atoms with Crippen molar-refractivity contribution in [2.45, 2.75) is 6.92 Å². The molecule has 0 bridgehead atoms. The van der Waals surface area contributed by atoms with Crippen molar-refractivity contribution in [1.82, 2.24) is 9.78 Å². The smallest absolute Gasteiger partial charge is 0.274 e. The fourth-order valence-electron chi connectivity index (χ4n) is 3.22. The van der Waals surface area contributed by atoms with E-state index in [9.17, 15) is 4.79 Å². The fraction of sp³-hybridized carbons (Fsp3) is 0.120. The second kappa shape index (κ2) is 8.75. The first-order chi connectivity index (χ1) is 15.1. The quantitative estimate of drug-likeness (QED) is 0.477. The molecule has 4 aromatic rings. The number of ether oxygens (including phenoxy) is 2. The molecule has 0 radical (unpaired) electrons. The molecule has 0 atom stereocenters. The van der Waals surface area contributed by atoms with Gasteiger partial charge in [0.15, 0.2) is 0 Å². The van der Waals surface area contributed by atoms with Crippen LogP contribution in [0.4, 0.5) is 5.69 Å². The number of anilines is 1. The van der Waals surface area contributed by atoms with Gasteiger partial charge in [-0.1, -0.05) is 29.8 Å². The Morgan fingerprint density at radius 1 is 0.871 bits per heavy atom. The van der Waals surface area contributed by atoms with E-state index in [4.69, 9.17) is 14.6 Å². The van der Waals surface area contributed by atoms with Crippen LogP contribution in [0.15, 0.2) is 78.9 Å². The Morgan fingerprint density at radius 2 is 1.58 bits per heavy atom. The van der Waals surface area contributed by atoms with Crippen molar-refractivity contribution in [3.63, 3.8) is 0 Å². The highest BCUT2D eigenvalue weighted by molar-refractivity contribution is 6.04. The Bertz CT molecular complexity index is 1200. The summed E-state index contributed by atoms with van der Waals surface area (Å²) in [7, 11) is 3.24. The van der Waals surface area contributed by atoms with Gasteiger partial charge in [0, 0.05) is 11.3 Å². The molecule has 1 N–H and O–H groups in total. The topological polar surface area (TPSA) is 65.4 Å². The highest BCUT2D eigenvalue weighted by atomic mass is 16.5. The van der Waals surface area contributed by atoms with E-state index < -0.39 is 0 Å². The zero-order valence-electron chi connectivity index (χ0n) is 17.6. The van der Waals surface area contributed by atoms with Crippen molar-refractivity contribution in [2.75, 3.05) is 19.5 Å². The van der Waals surface area contributed by atoms with E-state index in [0.717, 1.165) is 34.0 Å². The van der Waals surface area contributed by atoms with Gasteiger partial charge in [-0.05, 0) is 61.5 Å². The molecule has 1 aromatic heterocycles. The first kappa shape index (κ1) is 20.2. The summed E-state index contributed by atoms with van der Waals surface area (Å²) >= 11 is 0. The molecule has 0 saturated carbocycles. The lowest BCUT2D eigenvalue weighted by molar-refractivity contribution is 0.101. The van der Waals surface area contributed by atoms with Crippen molar-refractivity contribution < 1.29 is 14.3 Å². The van der Waals surface area contributed by atoms with E-state index in [1.807, 2.05) is 79.7 Å². The molecular formula is C25H23N3O3. The number of nitrogens with one attached hydrogen (secondary N) is 1. The number of nitrogens with zero attached hydrogens (tertiary/aromatic N) is 2. The minimum atomic E-state index is -0.249. The molecule has 31 heavy (non-hydrogen) atoms. The number of methoxy groups -OCH3 is 2. The number of amides is 1. The number of benzene rings is 3. The van der Waals surface area contributed by atoms with Gasteiger partial charge in [-0.25, -0.2) is 4.68 Å². The first-order valence-corrected chi connectivity index (χ1v) is 9.84. The summed E-state index contributed by atoms with van der Waals surface area (Å²) in [4.78, 5) is 13.2. The Labute approximate surface area is 181 Å². The van der Waals surface area contributed by atoms with Gasteiger partial charge in [0.2, 0.25) is 0 Å². The van der Waals surface area contributed by atoms with Crippen LogP contribution in [0, 0.1) is 6.92 Å². The van der Waals surface area contributed by atoms with Crippen LogP contribution in [0.2, 0.25) is 0 Å². The second-order valence-electron chi connectivity index (χ2n) is 7.08. The summed E-state index contributed by atoms with van der Waals surface area (Å²) in [5.74, 6) is 1.21. The standard InChI is InChI=1S/C25H23N3O3/c1-17-7-9-19(10-8-17)26-25(29)24-16-23(18-5-4-6-22(15-18)31-3)27-28(24)20-11-13-21(30-2)14-12-20/h4-16H,1-3H3,(H,26,29). The fourth-order valence-corrected chi connectivity index (χ4v) is 3.22. The largest absolute Gasteiger partial charge is 0.497 e. The molecule has 0 saturated heterocycles. The summed E-state index contributed by atoms with van der Waals surface area (Å²) in [5, 5.41) is 7.67. The summed E-state index contributed by atoms with van der Waals surface area (Å²) in [6.45, 7) is 2.00. The number of carbonyl (C=O) groups is 1. The lowest BCUT2D eigenvalue weighted by Crippen LogP contribution is -2.16.